The number of hydrazone groups is 1. The van der Waals surface area contributed by atoms with Gasteiger partial charge in [0.15, 0.2) is 5.13 Å². The summed E-state index contributed by atoms with van der Waals surface area (Å²) in [6.45, 7) is 0. The van der Waals surface area contributed by atoms with Gasteiger partial charge < -0.3 is 0 Å². The van der Waals surface area contributed by atoms with Crippen molar-refractivity contribution in [1.82, 2.24) is 9.99 Å². The Bertz CT molecular complexity index is 847. The van der Waals surface area contributed by atoms with Gasteiger partial charge in [0.1, 0.15) is 11.5 Å². The molecule has 2 aromatic rings. The highest BCUT2D eigenvalue weighted by molar-refractivity contribution is 7.15. The number of halogens is 2. The molecule has 0 radical (unpaired) electrons. The van der Waals surface area contributed by atoms with Gasteiger partial charge >= 0.3 is 0 Å². The average molecular weight is 381 g/mol. The van der Waals surface area contributed by atoms with Crippen LogP contribution in [-0.4, -0.2) is 34.6 Å². The smallest absolute Gasteiger partial charge is 0.273 e. The van der Waals surface area contributed by atoms with Gasteiger partial charge in [0.2, 0.25) is 5.91 Å². The minimum Gasteiger partial charge on any atom is -0.297 e. The highest BCUT2D eigenvalue weighted by Gasteiger charge is 2.22. The highest BCUT2D eigenvalue weighted by Crippen LogP contribution is 2.23. The Labute approximate surface area is 152 Å². The fourth-order valence-corrected chi connectivity index (χ4v) is 3.45. The number of carbonyl (C=O) groups is 2. The van der Waals surface area contributed by atoms with Crippen molar-refractivity contribution in [2.45, 2.75) is 19.3 Å². The van der Waals surface area contributed by atoms with E-state index in [1.165, 1.54) is 35.5 Å². The third-order valence-electron chi connectivity index (χ3n) is 3.54. The molecule has 25 heavy (non-hydrogen) atoms. The van der Waals surface area contributed by atoms with Crippen molar-refractivity contribution in [3.63, 3.8) is 0 Å². The van der Waals surface area contributed by atoms with E-state index in [9.17, 15) is 14.0 Å². The number of carbonyl (C=O) groups excluding carboxylic acids is 2. The van der Waals surface area contributed by atoms with Gasteiger partial charge in [0, 0.05) is 42.4 Å². The largest absolute Gasteiger partial charge is 0.297 e. The van der Waals surface area contributed by atoms with Crippen molar-refractivity contribution >= 4 is 45.6 Å². The van der Waals surface area contributed by atoms with Crippen LogP contribution in [0.2, 0.25) is 5.02 Å². The van der Waals surface area contributed by atoms with Crippen LogP contribution in [0.15, 0.2) is 29.5 Å². The molecule has 2 heterocycles. The minimum atomic E-state index is -0.394. The first-order chi connectivity index (χ1) is 11.9. The Balaban J connectivity index is 1.66. The zero-order valence-corrected chi connectivity index (χ0v) is 14.8. The van der Waals surface area contributed by atoms with Crippen molar-refractivity contribution in [3.8, 4) is 0 Å². The summed E-state index contributed by atoms with van der Waals surface area (Å²) in [5, 5.41) is 8.56. The van der Waals surface area contributed by atoms with Crippen molar-refractivity contribution in [2.24, 2.45) is 5.10 Å². The third-order valence-corrected chi connectivity index (χ3v) is 4.68. The second-order valence-electron chi connectivity index (χ2n) is 5.50. The lowest BCUT2D eigenvalue weighted by atomic mass is 10.1. The first-order valence-electron chi connectivity index (χ1n) is 7.46. The predicted octanol–water partition coefficient (Wildman–Crippen LogP) is 3.07. The van der Waals surface area contributed by atoms with Crippen LogP contribution in [0.25, 0.3) is 0 Å². The van der Waals surface area contributed by atoms with Crippen LogP contribution in [0, 0.1) is 5.82 Å². The first kappa shape index (κ1) is 17.5. The zero-order valence-electron chi connectivity index (χ0n) is 13.3. The van der Waals surface area contributed by atoms with Crippen molar-refractivity contribution in [2.75, 3.05) is 12.4 Å². The van der Waals surface area contributed by atoms with Crippen molar-refractivity contribution in [1.29, 1.82) is 0 Å². The molecular formula is C16H14ClFN4O2S. The maximum Gasteiger partial charge on any atom is 0.273 e. The number of hydrogen-bond donors (Lipinski definition) is 1. The van der Waals surface area contributed by atoms with Crippen LogP contribution in [0.3, 0.4) is 0 Å². The van der Waals surface area contributed by atoms with Gasteiger partial charge in [-0.1, -0.05) is 11.6 Å². The number of amides is 2. The molecule has 0 aliphatic carbocycles. The molecule has 9 heteroatoms. The normalized spacial score (nSPS) is 14.4. The van der Waals surface area contributed by atoms with E-state index in [1.54, 1.807) is 12.3 Å². The van der Waals surface area contributed by atoms with E-state index in [-0.39, 0.29) is 23.9 Å². The molecule has 1 N–H and O–H groups in total. The number of hydrogen-bond acceptors (Lipinski definition) is 5. The highest BCUT2D eigenvalue weighted by atomic mass is 35.5. The molecule has 130 valence electrons. The van der Waals surface area contributed by atoms with Crippen LogP contribution < -0.4 is 5.32 Å². The van der Waals surface area contributed by atoms with Gasteiger partial charge in [0.25, 0.3) is 5.91 Å². The number of anilines is 1. The molecular weight excluding hydrogens is 367 g/mol. The van der Waals surface area contributed by atoms with E-state index in [0.717, 1.165) is 10.4 Å². The summed E-state index contributed by atoms with van der Waals surface area (Å²) in [7, 11) is 1.51. The van der Waals surface area contributed by atoms with Gasteiger partial charge in [-0.05, 0) is 23.8 Å². The Morgan fingerprint density at radius 1 is 1.40 bits per heavy atom. The maximum atomic E-state index is 13.4. The maximum absolute atomic E-state index is 13.4. The van der Waals surface area contributed by atoms with Gasteiger partial charge in [-0.2, -0.15) is 5.10 Å². The fraction of sp³-hybridized carbons (Fsp3) is 0.250. The predicted molar refractivity (Wildman–Crippen MR) is 94.4 cm³/mol. The standard InChI is InChI=1S/C16H14ClFN4O2S/c1-22-14(23)3-2-13(21-22)15(24)20-16-19-8-12(25-16)6-9-4-10(17)7-11(18)5-9/h4-5,7-8H,2-3,6H2,1H3,(H,19,20,24). The second-order valence-corrected chi connectivity index (χ2v) is 7.06. The average Bonchev–Trinajstić information content (AvgIpc) is 2.95. The number of nitrogens with zero attached hydrogens (tertiary/aromatic N) is 3. The molecule has 0 bridgehead atoms. The number of benzene rings is 1. The summed E-state index contributed by atoms with van der Waals surface area (Å²) in [6.07, 6.45) is 2.64. The van der Waals surface area contributed by atoms with Crippen molar-refractivity contribution < 1.29 is 14.0 Å². The Hall–Kier alpha value is -2.32. The van der Waals surface area contributed by atoms with E-state index in [1.807, 2.05) is 0 Å². The summed E-state index contributed by atoms with van der Waals surface area (Å²) < 4.78 is 13.4. The molecule has 1 aliphatic heterocycles. The molecule has 0 saturated carbocycles. The molecule has 0 unspecified atom stereocenters. The van der Waals surface area contributed by atoms with E-state index in [4.69, 9.17) is 11.6 Å². The molecule has 0 atom stereocenters. The summed E-state index contributed by atoms with van der Waals surface area (Å²) in [5.41, 5.74) is 1.01. The van der Waals surface area contributed by atoms with Gasteiger partial charge in [0.05, 0.1) is 0 Å². The quantitative estimate of drug-likeness (QED) is 0.885. The molecule has 0 spiro atoms. The molecule has 1 aromatic heterocycles. The van der Waals surface area contributed by atoms with E-state index in [2.05, 4.69) is 15.4 Å². The third kappa shape index (κ3) is 4.40. The molecule has 1 aromatic carbocycles. The fourth-order valence-electron chi connectivity index (χ4n) is 2.36. The summed E-state index contributed by atoms with van der Waals surface area (Å²) >= 11 is 7.14. The van der Waals surface area contributed by atoms with Crippen LogP contribution >= 0.6 is 22.9 Å². The lowest BCUT2D eigenvalue weighted by Crippen LogP contribution is -2.34. The van der Waals surface area contributed by atoms with Gasteiger partial charge in [-0.25, -0.2) is 14.4 Å². The summed E-state index contributed by atoms with van der Waals surface area (Å²) in [5.74, 6) is -0.898. The van der Waals surface area contributed by atoms with Crippen molar-refractivity contribution in [3.05, 3.63) is 45.7 Å². The van der Waals surface area contributed by atoms with Gasteiger partial charge in [-0.15, -0.1) is 11.3 Å². The van der Waals surface area contributed by atoms with Crippen LogP contribution in [-0.2, 0) is 16.0 Å². The zero-order chi connectivity index (χ0) is 18.0. The first-order valence-corrected chi connectivity index (χ1v) is 8.65. The topological polar surface area (TPSA) is 74.7 Å². The summed E-state index contributed by atoms with van der Waals surface area (Å²) in [6, 6.07) is 4.34. The number of rotatable bonds is 4. The van der Waals surface area contributed by atoms with Crippen LogP contribution in [0.5, 0.6) is 0 Å². The van der Waals surface area contributed by atoms with E-state index < -0.39 is 5.82 Å². The Morgan fingerprint density at radius 2 is 2.20 bits per heavy atom. The number of nitrogens with one attached hydrogen (secondary N) is 1. The van der Waals surface area contributed by atoms with Crippen LogP contribution in [0.1, 0.15) is 23.3 Å². The lowest BCUT2D eigenvalue weighted by molar-refractivity contribution is -0.130. The summed E-state index contributed by atoms with van der Waals surface area (Å²) in [4.78, 5) is 28.6. The number of thiazole rings is 1. The molecule has 0 fully saturated rings. The van der Waals surface area contributed by atoms with Crippen LogP contribution in [0.4, 0.5) is 9.52 Å². The monoisotopic (exact) mass is 380 g/mol. The number of aromatic nitrogens is 1. The van der Waals surface area contributed by atoms with E-state index >= 15 is 0 Å². The molecule has 2 amide bonds. The molecule has 6 nitrogen and oxygen atoms in total. The van der Waals surface area contributed by atoms with E-state index in [0.29, 0.717) is 23.0 Å². The molecule has 0 saturated heterocycles. The molecule has 1 aliphatic rings. The Morgan fingerprint density at radius 3 is 2.92 bits per heavy atom. The second kappa shape index (κ2) is 7.28. The Kier molecular flexibility index (Phi) is 5.10. The SMILES string of the molecule is CN1N=C(C(=O)Nc2ncc(Cc3cc(F)cc(Cl)c3)s2)CCC1=O. The molecule has 3 rings (SSSR count). The van der Waals surface area contributed by atoms with Gasteiger partial charge in [-0.3, -0.25) is 14.9 Å². The lowest BCUT2D eigenvalue weighted by Gasteiger charge is -2.18. The minimum absolute atomic E-state index is 0.123.